The van der Waals surface area contributed by atoms with Gasteiger partial charge < -0.3 is 15.4 Å². The Morgan fingerprint density at radius 3 is 2.65 bits per heavy atom. The van der Waals surface area contributed by atoms with E-state index in [1.807, 2.05) is 0 Å². The maximum Gasteiger partial charge on any atom is 0.221 e. The van der Waals surface area contributed by atoms with Gasteiger partial charge in [-0.15, -0.1) is 0 Å². The fraction of sp³-hybridized carbons (Fsp3) is 0.611. The van der Waals surface area contributed by atoms with Crippen LogP contribution in [0.3, 0.4) is 0 Å². The summed E-state index contributed by atoms with van der Waals surface area (Å²) in [6.07, 6.45) is 2.89. The summed E-state index contributed by atoms with van der Waals surface area (Å²) in [5.74, 6) is 0.141. The minimum absolute atomic E-state index is 0.141. The lowest BCUT2D eigenvalue weighted by atomic mass is 10.1. The lowest BCUT2D eigenvalue weighted by molar-refractivity contribution is -0.121. The Balaban J connectivity index is 1.40. The van der Waals surface area contributed by atoms with E-state index in [0.717, 1.165) is 51.4 Å². The predicted octanol–water partition coefficient (Wildman–Crippen LogP) is 1.28. The van der Waals surface area contributed by atoms with Gasteiger partial charge in [-0.1, -0.05) is 24.3 Å². The largest absolute Gasteiger partial charge is 0.379 e. The van der Waals surface area contributed by atoms with Crippen LogP contribution >= 0.6 is 0 Å². The van der Waals surface area contributed by atoms with Crippen LogP contribution in [-0.4, -0.2) is 49.7 Å². The Morgan fingerprint density at radius 2 is 1.96 bits per heavy atom. The maximum absolute atomic E-state index is 11.9. The molecule has 2 saturated heterocycles. The molecule has 3 rings (SSSR count). The zero-order valence-corrected chi connectivity index (χ0v) is 13.7. The second-order valence-electron chi connectivity index (χ2n) is 6.48. The van der Waals surface area contributed by atoms with Crippen molar-refractivity contribution in [3.63, 3.8) is 0 Å². The third kappa shape index (κ3) is 5.30. The zero-order valence-electron chi connectivity index (χ0n) is 13.7. The van der Waals surface area contributed by atoms with Gasteiger partial charge in [-0.2, -0.15) is 0 Å². The van der Waals surface area contributed by atoms with Crippen LogP contribution in [0.25, 0.3) is 0 Å². The average Bonchev–Trinajstić information content (AvgIpc) is 3.08. The Morgan fingerprint density at radius 1 is 1.22 bits per heavy atom. The topological polar surface area (TPSA) is 53.6 Å². The van der Waals surface area contributed by atoms with Crippen molar-refractivity contribution in [1.82, 2.24) is 15.5 Å². The molecule has 2 fully saturated rings. The number of benzene rings is 1. The van der Waals surface area contributed by atoms with Gasteiger partial charge in [0.25, 0.3) is 0 Å². The number of rotatable bonds is 6. The van der Waals surface area contributed by atoms with Gasteiger partial charge in [0.05, 0.1) is 13.2 Å². The number of carbonyl (C=O) groups excluding carboxylic acids is 1. The first-order valence-electron chi connectivity index (χ1n) is 8.67. The first-order chi connectivity index (χ1) is 11.3. The molecule has 1 amide bonds. The number of morpholine rings is 1. The maximum atomic E-state index is 11.9. The van der Waals surface area contributed by atoms with E-state index in [1.54, 1.807) is 0 Å². The normalized spacial score (nSPS) is 22.2. The predicted molar refractivity (Wildman–Crippen MR) is 90.0 cm³/mol. The summed E-state index contributed by atoms with van der Waals surface area (Å²) in [6.45, 7) is 6.31. The molecule has 1 aromatic rings. The monoisotopic (exact) mass is 317 g/mol. The van der Waals surface area contributed by atoms with Gasteiger partial charge in [0.2, 0.25) is 5.91 Å². The first-order valence-corrected chi connectivity index (χ1v) is 8.67. The molecule has 126 valence electrons. The van der Waals surface area contributed by atoms with E-state index in [9.17, 15) is 4.79 Å². The highest BCUT2D eigenvalue weighted by Crippen LogP contribution is 2.10. The molecule has 0 aliphatic carbocycles. The van der Waals surface area contributed by atoms with Crippen molar-refractivity contribution in [2.24, 2.45) is 0 Å². The number of hydrogen-bond acceptors (Lipinski definition) is 4. The molecule has 2 heterocycles. The van der Waals surface area contributed by atoms with Crippen molar-refractivity contribution in [2.45, 2.75) is 38.4 Å². The molecular weight excluding hydrogens is 290 g/mol. The molecule has 5 nitrogen and oxygen atoms in total. The van der Waals surface area contributed by atoms with Crippen LogP contribution in [0.1, 0.15) is 30.4 Å². The van der Waals surface area contributed by atoms with E-state index < -0.39 is 0 Å². The average molecular weight is 317 g/mol. The number of ether oxygens (including phenoxy) is 1. The summed E-state index contributed by atoms with van der Waals surface area (Å²) in [7, 11) is 0. The van der Waals surface area contributed by atoms with Crippen LogP contribution < -0.4 is 10.6 Å². The fourth-order valence-electron chi connectivity index (χ4n) is 3.21. The summed E-state index contributed by atoms with van der Waals surface area (Å²) in [5, 5.41) is 6.38. The number of nitrogens with zero attached hydrogens (tertiary/aromatic N) is 1. The van der Waals surface area contributed by atoms with Crippen LogP contribution in [-0.2, 0) is 22.6 Å². The van der Waals surface area contributed by atoms with Crippen LogP contribution in [0, 0.1) is 0 Å². The molecule has 5 heteroatoms. The zero-order chi connectivity index (χ0) is 15.9. The van der Waals surface area contributed by atoms with Crippen molar-refractivity contribution >= 4 is 5.91 Å². The molecule has 1 atom stereocenters. The van der Waals surface area contributed by atoms with Gasteiger partial charge in [0.1, 0.15) is 0 Å². The quantitative estimate of drug-likeness (QED) is 0.830. The number of nitrogens with one attached hydrogen (secondary N) is 2. The van der Waals surface area contributed by atoms with Gasteiger partial charge in [-0.05, 0) is 30.5 Å². The standard InChI is InChI=1S/C18H27N3O2/c22-18(12-17-2-1-7-19-17)20-13-15-3-5-16(6-4-15)14-21-8-10-23-11-9-21/h3-6,17,19H,1-2,7-14H2,(H,20,22). The second-order valence-corrected chi connectivity index (χ2v) is 6.48. The highest BCUT2D eigenvalue weighted by Gasteiger charge is 2.17. The smallest absolute Gasteiger partial charge is 0.221 e. The highest BCUT2D eigenvalue weighted by atomic mass is 16.5. The molecule has 2 N–H and O–H groups in total. The number of amides is 1. The third-order valence-corrected chi connectivity index (χ3v) is 4.62. The Bertz CT molecular complexity index is 491. The van der Waals surface area contributed by atoms with Crippen LogP contribution in [0.2, 0.25) is 0 Å². The van der Waals surface area contributed by atoms with Crippen molar-refractivity contribution in [1.29, 1.82) is 0 Å². The molecule has 1 unspecified atom stereocenters. The van der Waals surface area contributed by atoms with E-state index in [0.29, 0.717) is 19.0 Å². The van der Waals surface area contributed by atoms with Gasteiger partial charge in [-0.3, -0.25) is 9.69 Å². The molecule has 23 heavy (non-hydrogen) atoms. The summed E-state index contributed by atoms with van der Waals surface area (Å²) in [6, 6.07) is 8.92. The summed E-state index contributed by atoms with van der Waals surface area (Å²) in [5.41, 5.74) is 2.47. The Hall–Kier alpha value is -1.43. The van der Waals surface area contributed by atoms with E-state index in [4.69, 9.17) is 4.74 Å². The minimum Gasteiger partial charge on any atom is -0.379 e. The Labute approximate surface area is 138 Å². The molecule has 0 aromatic heterocycles. The van der Waals surface area contributed by atoms with E-state index in [1.165, 1.54) is 12.0 Å². The van der Waals surface area contributed by atoms with Gasteiger partial charge in [-0.25, -0.2) is 0 Å². The van der Waals surface area contributed by atoms with Crippen LogP contribution in [0.5, 0.6) is 0 Å². The van der Waals surface area contributed by atoms with Crippen molar-refractivity contribution in [3.05, 3.63) is 35.4 Å². The number of carbonyl (C=O) groups is 1. The van der Waals surface area contributed by atoms with E-state index >= 15 is 0 Å². The highest BCUT2D eigenvalue weighted by molar-refractivity contribution is 5.76. The minimum atomic E-state index is 0.141. The van der Waals surface area contributed by atoms with Crippen molar-refractivity contribution in [2.75, 3.05) is 32.8 Å². The number of hydrogen-bond donors (Lipinski definition) is 2. The van der Waals surface area contributed by atoms with Crippen molar-refractivity contribution in [3.8, 4) is 0 Å². The van der Waals surface area contributed by atoms with Gasteiger partial charge in [0.15, 0.2) is 0 Å². The fourth-order valence-corrected chi connectivity index (χ4v) is 3.21. The first kappa shape index (κ1) is 16.4. The molecule has 0 bridgehead atoms. The van der Waals surface area contributed by atoms with Gasteiger partial charge >= 0.3 is 0 Å². The summed E-state index contributed by atoms with van der Waals surface area (Å²) >= 11 is 0. The molecule has 1 aromatic carbocycles. The summed E-state index contributed by atoms with van der Waals surface area (Å²) < 4.78 is 5.37. The molecular formula is C18H27N3O2. The van der Waals surface area contributed by atoms with Gasteiger partial charge in [0, 0.05) is 38.6 Å². The van der Waals surface area contributed by atoms with E-state index in [-0.39, 0.29) is 5.91 Å². The lowest BCUT2D eigenvalue weighted by Crippen LogP contribution is -2.35. The van der Waals surface area contributed by atoms with E-state index in [2.05, 4.69) is 39.8 Å². The third-order valence-electron chi connectivity index (χ3n) is 4.62. The van der Waals surface area contributed by atoms with Crippen LogP contribution in [0.15, 0.2) is 24.3 Å². The van der Waals surface area contributed by atoms with Crippen molar-refractivity contribution < 1.29 is 9.53 Å². The molecule has 0 spiro atoms. The second kappa shape index (κ2) is 8.43. The SMILES string of the molecule is O=C(CC1CCCN1)NCc1ccc(CN2CCOCC2)cc1. The molecule has 2 aliphatic rings. The molecule has 0 radical (unpaired) electrons. The Kier molecular flexibility index (Phi) is 6.02. The molecule has 0 saturated carbocycles. The lowest BCUT2D eigenvalue weighted by Gasteiger charge is -2.26. The molecule has 2 aliphatic heterocycles. The summed E-state index contributed by atoms with van der Waals surface area (Å²) in [4.78, 5) is 14.3. The van der Waals surface area contributed by atoms with Crippen LogP contribution in [0.4, 0.5) is 0 Å².